The van der Waals surface area contributed by atoms with Gasteiger partial charge in [-0.2, -0.15) is 0 Å². The lowest BCUT2D eigenvalue weighted by Gasteiger charge is -2.39. The van der Waals surface area contributed by atoms with Gasteiger partial charge < -0.3 is 14.6 Å². The minimum absolute atomic E-state index is 0.0237. The van der Waals surface area contributed by atoms with E-state index in [-0.39, 0.29) is 17.9 Å². The molecule has 37 heavy (non-hydrogen) atoms. The molecule has 7 heteroatoms. The van der Waals surface area contributed by atoms with E-state index >= 15 is 0 Å². The van der Waals surface area contributed by atoms with Crippen LogP contribution < -0.4 is 10.1 Å². The molecule has 2 N–H and O–H groups in total. The number of hydrogen-bond donors (Lipinski definition) is 2. The van der Waals surface area contributed by atoms with Gasteiger partial charge in [0.2, 0.25) is 0 Å². The van der Waals surface area contributed by atoms with Crippen molar-refractivity contribution in [2.45, 2.75) is 31.0 Å². The van der Waals surface area contributed by atoms with Crippen molar-refractivity contribution >= 4 is 11.8 Å². The topological polar surface area (TPSA) is 88.1 Å². The SMILES string of the molecule is CO[C@@H]1CCN(C[C@@H](NC(C(C)=O)(c2ccccc2)c2ccccc2)c2cccc(OCC(=O)O)c2)C1. The Morgan fingerprint density at radius 3 is 2.22 bits per heavy atom. The van der Waals surface area contributed by atoms with Gasteiger partial charge in [0.05, 0.1) is 6.10 Å². The summed E-state index contributed by atoms with van der Waals surface area (Å²) in [5, 5.41) is 12.8. The molecule has 194 valence electrons. The van der Waals surface area contributed by atoms with Gasteiger partial charge in [0.15, 0.2) is 12.4 Å². The number of nitrogens with one attached hydrogen (secondary N) is 1. The maximum atomic E-state index is 13.6. The van der Waals surface area contributed by atoms with E-state index in [9.17, 15) is 9.59 Å². The Morgan fingerprint density at radius 1 is 1.03 bits per heavy atom. The highest BCUT2D eigenvalue weighted by atomic mass is 16.5. The van der Waals surface area contributed by atoms with E-state index in [1.54, 1.807) is 20.1 Å². The van der Waals surface area contributed by atoms with Gasteiger partial charge in [0.25, 0.3) is 0 Å². The second-order valence-corrected chi connectivity index (χ2v) is 9.40. The normalized spacial score (nSPS) is 16.9. The second-order valence-electron chi connectivity index (χ2n) is 9.40. The van der Waals surface area contributed by atoms with Crippen molar-refractivity contribution in [3.05, 3.63) is 102 Å². The smallest absolute Gasteiger partial charge is 0.341 e. The molecule has 2 atom stereocenters. The summed E-state index contributed by atoms with van der Waals surface area (Å²) in [5.41, 5.74) is 1.52. The van der Waals surface area contributed by atoms with Crippen LogP contribution in [0.5, 0.6) is 5.75 Å². The van der Waals surface area contributed by atoms with Crippen LogP contribution in [0.15, 0.2) is 84.9 Å². The van der Waals surface area contributed by atoms with Crippen LogP contribution in [-0.4, -0.2) is 61.2 Å². The van der Waals surface area contributed by atoms with Crippen LogP contribution in [0.1, 0.15) is 36.1 Å². The minimum Gasteiger partial charge on any atom is -0.482 e. The third kappa shape index (κ3) is 6.25. The number of ether oxygens (including phenoxy) is 2. The van der Waals surface area contributed by atoms with Gasteiger partial charge in [0.1, 0.15) is 11.3 Å². The van der Waals surface area contributed by atoms with Crippen LogP contribution >= 0.6 is 0 Å². The van der Waals surface area contributed by atoms with Crippen molar-refractivity contribution in [1.82, 2.24) is 10.2 Å². The number of methoxy groups -OCH3 is 1. The molecule has 1 fully saturated rings. The monoisotopic (exact) mass is 502 g/mol. The first kappa shape index (κ1) is 26.5. The molecular formula is C30H34N2O5. The average molecular weight is 503 g/mol. The van der Waals surface area contributed by atoms with E-state index in [1.165, 1.54) is 0 Å². The molecule has 0 spiro atoms. The number of carboxylic acids is 1. The van der Waals surface area contributed by atoms with Crippen LogP contribution in [0.3, 0.4) is 0 Å². The van der Waals surface area contributed by atoms with Gasteiger partial charge in [-0.3, -0.25) is 15.0 Å². The molecule has 0 aliphatic carbocycles. The van der Waals surface area contributed by atoms with Crippen molar-refractivity contribution in [2.75, 3.05) is 33.4 Å². The van der Waals surface area contributed by atoms with E-state index in [1.807, 2.05) is 78.9 Å². The van der Waals surface area contributed by atoms with Crippen LogP contribution in [-0.2, 0) is 19.9 Å². The number of nitrogens with zero attached hydrogens (tertiary/aromatic N) is 1. The zero-order valence-electron chi connectivity index (χ0n) is 21.3. The molecule has 0 bridgehead atoms. The Hall–Kier alpha value is -3.52. The molecule has 1 aliphatic rings. The average Bonchev–Trinajstić information content (AvgIpc) is 3.38. The third-order valence-corrected chi connectivity index (χ3v) is 6.96. The zero-order valence-corrected chi connectivity index (χ0v) is 21.3. The van der Waals surface area contributed by atoms with Crippen molar-refractivity contribution in [2.24, 2.45) is 0 Å². The highest BCUT2D eigenvalue weighted by molar-refractivity contribution is 5.91. The van der Waals surface area contributed by atoms with Crippen LogP contribution in [0.25, 0.3) is 0 Å². The van der Waals surface area contributed by atoms with Gasteiger partial charge in [-0.25, -0.2) is 4.79 Å². The highest BCUT2D eigenvalue weighted by Gasteiger charge is 2.41. The number of benzene rings is 3. The molecule has 4 rings (SSSR count). The summed E-state index contributed by atoms with van der Waals surface area (Å²) in [6.07, 6.45) is 1.12. The van der Waals surface area contributed by atoms with E-state index in [0.29, 0.717) is 12.3 Å². The van der Waals surface area contributed by atoms with E-state index in [4.69, 9.17) is 14.6 Å². The number of carboxylic acid groups (broad SMARTS) is 1. The predicted molar refractivity (Wildman–Crippen MR) is 142 cm³/mol. The van der Waals surface area contributed by atoms with Gasteiger partial charge in [-0.15, -0.1) is 0 Å². The van der Waals surface area contributed by atoms with Crippen molar-refractivity contribution in [3.8, 4) is 5.75 Å². The lowest BCUT2D eigenvalue weighted by molar-refractivity contribution is -0.139. The molecule has 1 heterocycles. The minimum atomic E-state index is -1.09. The van der Waals surface area contributed by atoms with E-state index < -0.39 is 18.1 Å². The van der Waals surface area contributed by atoms with Crippen LogP contribution in [0, 0.1) is 0 Å². The lowest BCUT2D eigenvalue weighted by Crippen LogP contribution is -2.52. The highest BCUT2D eigenvalue weighted by Crippen LogP contribution is 2.35. The lowest BCUT2D eigenvalue weighted by atomic mass is 9.78. The summed E-state index contributed by atoms with van der Waals surface area (Å²) >= 11 is 0. The Labute approximate surface area is 218 Å². The Morgan fingerprint density at radius 2 is 1.68 bits per heavy atom. The number of hydrogen-bond acceptors (Lipinski definition) is 6. The summed E-state index contributed by atoms with van der Waals surface area (Å²) < 4.78 is 11.1. The molecule has 0 saturated carbocycles. The number of Topliss-reactive ketones (excluding diaryl/α,β-unsaturated/α-hetero) is 1. The summed E-state index contributed by atoms with van der Waals surface area (Å²) in [4.78, 5) is 27.0. The Bertz CT molecular complexity index is 1150. The summed E-state index contributed by atoms with van der Waals surface area (Å²) in [7, 11) is 1.73. The summed E-state index contributed by atoms with van der Waals surface area (Å²) in [5.74, 6) is -0.591. The number of likely N-dealkylation sites (tertiary alicyclic amines) is 1. The molecule has 7 nitrogen and oxygen atoms in total. The van der Waals surface area contributed by atoms with Crippen molar-refractivity contribution in [1.29, 1.82) is 0 Å². The van der Waals surface area contributed by atoms with Gasteiger partial charge in [-0.05, 0) is 42.2 Å². The standard InChI is InChI=1S/C30H34N2O5/c1-22(33)30(24-11-5-3-6-12-24,25-13-7-4-8-14-25)31-28(20-32-17-16-27(19-32)36-2)23-10-9-15-26(18-23)37-21-29(34)35/h3-15,18,27-28,31H,16-17,19-21H2,1-2H3,(H,34,35)/t27-,28-/m1/s1. The Balaban J connectivity index is 1.78. The molecule has 0 aromatic heterocycles. The summed E-state index contributed by atoms with van der Waals surface area (Å²) in [6, 6.07) is 26.7. The fraction of sp³-hybridized carbons (Fsp3) is 0.333. The van der Waals surface area contributed by atoms with E-state index in [2.05, 4.69) is 10.2 Å². The predicted octanol–water partition coefficient (Wildman–Crippen LogP) is 4.03. The molecule has 0 amide bonds. The number of carbonyl (C=O) groups excluding carboxylic acids is 1. The molecule has 0 unspecified atom stereocenters. The first-order chi connectivity index (χ1) is 17.9. The number of carbonyl (C=O) groups is 2. The van der Waals surface area contributed by atoms with E-state index in [0.717, 1.165) is 36.2 Å². The van der Waals surface area contributed by atoms with Gasteiger partial charge >= 0.3 is 5.97 Å². The first-order valence-corrected chi connectivity index (χ1v) is 12.5. The maximum Gasteiger partial charge on any atom is 0.341 e. The molecule has 1 aliphatic heterocycles. The fourth-order valence-electron chi connectivity index (χ4n) is 5.09. The molecule has 1 saturated heterocycles. The van der Waals surface area contributed by atoms with Crippen molar-refractivity contribution < 1.29 is 24.2 Å². The zero-order chi connectivity index (χ0) is 26.3. The third-order valence-electron chi connectivity index (χ3n) is 6.96. The van der Waals surface area contributed by atoms with Crippen LogP contribution in [0.4, 0.5) is 0 Å². The molecule has 3 aromatic rings. The number of aliphatic carboxylic acids is 1. The Kier molecular flexibility index (Phi) is 8.71. The van der Waals surface area contributed by atoms with Crippen molar-refractivity contribution in [3.63, 3.8) is 0 Å². The second kappa shape index (κ2) is 12.1. The number of rotatable bonds is 12. The molecule has 0 radical (unpaired) electrons. The summed E-state index contributed by atoms with van der Waals surface area (Å²) in [6.45, 7) is 3.52. The fourth-order valence-corrected chi connectivity index (χ4v) is 5.09. The molecular weight excluding hydrogens is 468 g/mol. The molecule has 3 aromatic carbocycles. The number of ketones is 1. The first-order valence-electron chi connectivity index (χ1n) is 12.5. The quantitative estimate of drug-likeness (QED) is 0.387. The van der Waals surface area contributed by atoms with Gasteiger partial charge in [0, 0.05) is 32.8 Å². The van der Waals surface area contributed by atoms with Gasteiger partial charge in [-0.1, -0.05) is 72.8 Å². The van der Waals surface area contributed by atoms with Crippen LogP contribution in [0.2, 0.25) is 0 Å². The largest absolute Gasteiger partial charge is 0.482 e. The maximum absolute atomic E-state index is 13.6.